The number of ether oxygens (including phenoxy) is 2. The summed E-state index contributed by atoms with van der Waals surface area (Å²) in [5.74, 6) is 0.597. The largest absolute Gasteiger partial charge is 0.481 e. The van der Waals surface area contributed by atoms with E-state index in [2.05, 4.69) is 22.3 Å². The summed E-state index contributed by atoms with van der Waals surface area (Å²) in [7, 11) is 0. The average molecular weight is 368 g/mol. The van der Waals surface area contributed by atoms with Gasteiger partial charge in [0.15, 0.2) is 6.10 Å². The molecule has 0 bridgehead atoms. The number of aryl methyl sites for hydroxylation is 1. The summed E-state index contributed by atoms with van der Waals surface area (Å²) < 4.78 is 11.1. The highest BCUT2D eigenvalue weighted by Gasteiger charge is 2.15. The quantitative estimate of drug-likeness (QED) is 0.816. The third kappa shape index (κ3) is 6.08. The Morgan fingerprint density at radius 3 is 2.67 bits per heavy atom. The van der Waals surface area contributed by atoms with E-state index < -0.39 is 6.10 Å². The monoisotopic (exact) mass is 368 g/mol. The van der Waals surface area contributed by atoms with Crippen LogP contribution in [0.4, 0.5) is 0 Å². The zero-order valence-electron chi connectivity index (χ0n) is 16.1. The molecule has 1 amide bonds. The maximum absolute atomic E-state index is 12.3. The first kappa shape index (κ1) is 19.4. The number of hydrogen-bond acceptors (Lipinski definition) is 4. The smallest absolute Gasteiger partial charge is 0.261 e. The molecule has 1 heterocycles. The summed E-state index contributed by atoms with van der Waals surface area (Å²) in [5.41, 5.74) is 3.46. The molecule has 1 aliphatic rings. The van der Waals surface area contributed by atoms with Crippen LogP contribution < -0.4 is 10.1 Å². The van der Waals surface area contributed by atoms with Crippen LogP contribution in [0, 0.1) is 6.92 Å². The van der Waals surface area contributed by atoms with Gasteiger partial charge in [0.05, 0.1) is 13.2 Å². The molecule has 0 aliphatic carbocycles. The van der Waals surface area contributed by atoms with Crippen LogP contribution in [0.3, 0.4) is 0 Å². The molecule has 3 rings (SSSR count). The van der Waals surface area contributed by atoms with Crippen LogP contribution in [0.5, 0.6) is 5.75 Å². The fourth-order valence-electron chi connectivity index (χ4n) is 3.13. The van der Waals surface area contributed by atoms with Crippen molar-refractivity contribution in [2.45, 2.75) is 33.0 Å². The molecular weight excluding hydrogens is 340 g/mol. The van der Waals surface area contributed by atoms with E-state index in [1.54, 1.807) is 6.92 Å². The molecule has 0 saturated carbocycles. The van der Waals surface area contributed by atoms with Gasteiger partial charge in [0.25, 0.3) is 5.91 Å². The van der Waals surface area contributed by atoms with E-state index in [0.29, 0.717) is 12.3 Å². The number of amides is 1. The summed E-state index contributed by atoms with van der Waals surface area (Å²) in [5, 5.41) is 2.97. The van der Waals surface area contributed by atoms with Crippen molar-refractivity contribution in [1.29, 1.82) is 0 Å². The van der Waals surface area contributed by atoms with Crippen molar-refractivity contribution in [1.82, 2.24) is 10.2 Å². The predicted molar refractivity (Wildman–Crippen MR) is 106 cm³/mol. The fourth-order valence-corrected chi connectivity index (χ4v) is 3.13. The SMILES string of the molecule is Cc1cccc(O[C@H](C)C(=O)NCc2cccc(CN3CCOCC3)c2)c1. The molecule has 0 unspecified atom stereocenters. The van der Waals surface area contributed by atoms with E-state index in [-0.39, 0.29) is 5.91 Å². The van der Waals surface area contributed by atoms with E-state index in [1.807, 2.05) is 43.3 Å². The second-order valence-corrected chi connectivity index (χ2v) is 7.00. The standard InChI is InChI=1S/C22H28N2O3/c1-17-5-3-8-21(13-17)27-18(2)22(25)23-15-19-6-4-7-20(14-19)16-24-9-11-26-12-10-24/h3-8,13-14,18H,9-12,15-16H2,1-2H3,(H,23,25)/t18-/m1/s1. The van der Waals surface area contributed by atoms with E-state index in [1.165, 1.54) is 5.56 Å². The zero-order chi connectivity index (χ0) is 19.1. The van der Waals surface area contributed by atoms with Crippen molar-refractivity contribution in [2.75, 3.05) is 26.3 Å². The number of morpholine rings is 1. The molecule has 1 aliphatic heterocycles. The first-order valence-electron chi connectivity index (χ1n) is 9.49. The fraction of sp³-hybridized carbons (Fsp3) is 0.409. The predicted octanol–water partition coefficient (Wildman–Crippen LogP) is 2.91. The van der Waals surface area contributed by atoms with Crippen LogP contribution >= 0.6 is 0 Å². The number of carbonyl (C=O) groups excluding carboxylic acids is 1. The highest BCUT2D eigenvalue weighted by atomic mass is 16.5. The molecule has 144 valence electrons. The number of hydrogen-bond donors (Lipinski definition) is 1. The minimum absolute atomic E-state index is 0.116. The Morgan fingerprint density at radius 1 is 1.15 bits per heavy atom. The summed E-state index contributed by atoms with van der Waals surface area (Å²) in [6, 6.07) is 16.1. The van der Waals surface area contributed by atoms with Gasteiger partial charge in [0, 0.05) is 26.2 Å². The average Bonchev–Trinajstić information content (AvgIpc) is 2.67. The lowest BCUT2D eigenvalue weighted by molar-refractivity contribution is -0.127. The molecule has 1 N–H and O–H groups in total. The highest BCUT2D eigenvalue weighted by Crippen LogP contribution is 2.14. The van der Waals surface area contributed by atoms with Crippen LogP contribution in [0.15, 0.2) is 48.5 Å². The molecule has 0 radical (unpaired) electrons. The summed E-state index contributed by atoms with van der Waals surface area (Å²) in [6.07, 6.45) is -0.539. The Morgan fingerprint density at radius 2 is 1.89 bits per heavy atom. The van der Waals surface area contributed by atoms with Gasteiger partial charge < -0.3 is 14.8 Å². The van der Waals surface area contributed by atoms with Crippen molar-refractivity contribution in [2.24, 2.45) is 0 Å². The highest BCUT2D eigenvalue weighted by molar-refractivity contribution is 5.80. The van der Waals surface area contributed by atoms with Gasteiger partial charge in [0.1, 0.15) is 5.75 Å². The summed E-state index contributed by atoms with van der Waals surface area (Å²) in [6.45, 7) is 8.72. The van der Waals surface area contributed by atoms with E-state index in [4.69, 9.17) is 9.47 Å². The van der Waals surface area contributed by atoms with Crippen molar-refractivity contribution >= 4 is 5.91 Å². The third-order valence-corrected chi connectivity index (χ3v) is 4.64. The van der Waals surface area contributed by atoms with E-state index >= 15 is 0 Å². The molecular formula is C22H28N2O3. The minimum atomic E-state index is -0.539. The van der Waals surface area contributed by atoms with Gasteiger partial charge in [0.2, 0.25) is 0 Å². The Bertz CT molecular complexity index is 757. The number of benzene rings is 2. The lowest BCUT2D eigenvalue weighted by atomic mass is 10.1. The second-order valence-electron chi connectivity index (χ2n) is 7.00. The molecule has 1 atom stereocenters. The molecule has 2 aromatic rings. The molecule has 27 heavy (non-hydrogen) atoms. The maximum atomic E-state index is 12.3. The summed E-state index contributed by atoms with van der Waals surface area (Å²) >= 11 is 0. The van der Waals surface area contributed by atoms with Crippen LogP contribution in [-0.4, -0.2) is 43.2 Å². The second kappa shape index (κ2) is 9.53. The van der Waals surface area contributed by atoms with Gasteiger partial charge in [-0.15, -0.1) is 0 Å². The first-order chi connectivity index (χ1) is 13.1. The first-order valence-corrected chi connectivity index (χ1v) is 9.49. The number of carbonyl (C=O) groups is 1. The Labute approximate surface area is 161 Å². The molecule has 1 saturated heterocycles. The van der Waals surface area contributed by atoms with Gasteiger partial charge >= 0.3 is 0 Å². The number of rotatable bonds is 7. The van der Waals surface area contributed by atoms with Gasteiger partial charge in [-0.25, -0.2) is 0 Å². The molecule has 1 fully saturated rings. The minimum Gasteiger partial charge on any atom is -0.481 e. The molecule has 5 heteroatoms. The lowest BCUT2D eigenvalue weighted by Crippen LogP contribution is -2.36. The van der Waals surface area contributed by atoms with Gasteiger partial charge in [-0.2, -0.15) is 0 Å². The zero-order valence-corrected chi connectivity index (χ0v) is 16.1. The molecule has 5 nitrogen and oxygen atoms in total. The Kier molecular flexibility index (Phi) is 6.85. The number of nitrogens with one attached hydrogen (secondary N) is 1. The molecule has 0 spiro atoms. The number of nitrogens with zero attached hydrogens (tertiary/aromatic N) is 1. The van der Waals surface area contributed by atoms with Crippen LogP contribution in [0.25, 0.3) is 0 Å². The summed E-state index contributed by atoms with van der Waals surface area (Å²) in [4.78, 5) is 14.7. The van der Waals surface area contributed by atoms with Crippen LogP contribution in [-0.2, 0) is 22.6 Å². The Hall–Kier alpha value is -2.37. The topological polar surface area (TPSA) is 50.8 Å². The van der Waals surface area contributed by atoms with Crippen LogP contribution in [0.1, 0.15) is 23.6 Å². The third-order valence-electron chi connectivity index (χ3n) is 4.64. The van der Waals surface area contributed by atoms with Gasteiger partial charge in [-0.1, -0.05) is 36.4 Å². The van der Waals surface area contributed by atoms with Crippen molar-refractivity contribution in [3.05, 3.63) is 65.2 Å². The van der Waals surface area contributed by atoms with E-state index in [9.17, 15) is 4.79 Å². The van der Waals surface area contributed by atoms with Crippen molar-refractivity contribution in [3.63, 3.8) is 0 Å². The molecule has 2 aromatic carbocycles. The molecule has 0 aromatic heterocycles. The Balaban J connectivity index is 1.49. The van der Waals surface area contributed by atoms with Gasteiger partial charge in [-0.3, -0.25) is 9.69 Å². The van der Waals surface area contributed by atoms with Crippen LogP contribution in [0.2, 0.25) is 0 Å². The van der Waals surface area contributed by atoms with E-state index in [0.717, 1.165) is 44.0 Å². The van der Waals surface area contributed by atoms with Crippen molar-refractivity contribution < 1.29 is 14.3 Å². The van der Waals surface area contributed by atoms with Gasteiger partial charge in [-0.05, 0) is 42.7 Å². The normalized spacial score (nSPS) is 15.9. The maximum Gasteiger partial charge on any atom is 0.261 e. The lowest BCUT2D eigenvalue weighted by Gasteiger charge is -2.26. The van der Waals surface area contributed by atoms with Crippen molar-refractivity contribution in [3.8, 4) is 5.75 Å².